The number of nitrogens with one attached hydrogen (secondary N) is 1. The second-order valence-electron chi connectivity index (χ2n) is 7.18. The van der Waals surface area contributed by atoms with E-state index >= 15 is 0 Å². The van der Waals surface area contributed by atoms with Crippen LogP contribution in [0, 0.1) is 0 Å². The predicted octanol–water partition coefficient (Wildman–Crippen LogP) is 3.39. The van der Waals surface area contributed by atoms with Crippen molar-refractivity contribution in [3.8, 4) is 10.6 Å². The van der Waals surface area contributed by atoms with Gasteiger partial charge < -0.3 is 15.0 Å². The summed E-state index contributed by atoms with van der Waals surface area (Å²) in [5.74, 6) is 0.779. The number of amides is 1. The molecular formula is C21H23N5O2S. The van der Waals surface area contributed by atoms with Crippen LogP contribution in [0.15, 0.2) is 48.2 Å². The van der Waals surface area contributed by atoms with Crippen molar-refractivity contribution in [2.24, 2.45) is 0 Å². The van der Waals surface area contributed by atoms with Gasteiger partial charge in [0.25, 0.3) is 0 Å². The van der Waals surface area contributed by atoms with Crippen molar-refractivity contribution in [3.63, 3.8) is 0 Å². The zero-order valence-electron chi connectivity index (χ0n) is 16.4. The van der Waals surface area contributed by atoms with E-state index in [1.165, 1.54) is 11.3 Å². The number of anilines is 2. The molecule has 7 nitrogen and oxygen atoms in total. The summed E-state index contributed by atoms with van der Waals surface area (Å²) >= 11 is 1.51. The predicted molar refractivity (Wildman–Crippen MR) is 114 cm³/mol. The van der Waals surface area contributed by atoms with Crippen LogP contribution in [0.25, 0.3) is 10.6 Å². The average molecular weight is 410 g/mol. The fourth-order valence-corrected chi connectivity index (χ4v) is 4.20. The van der Waals surface area contributed by atoms with Gasteiger partial charge in [-0.2, -0.15) is 0 Å². The lowest BCUT2D eigenvalue weighted by molar-refractivity contribution is -0.115. The molecule has 1 fully saturated rings. The smallest absolute Gasteiger partial charge is 0.230 e. The molecule has 1 aliphatic heterocycles. The molecule has 3 aromatic heterocycles. The highest BCUT2D eigenvalue weighted by Gasteiger charge is 2.23. The Morgan fingerprint density at radius 3 is 2.76 bits per heavy atom. The number of pyridine rings is 2. The minimum Gasteiger partial charge on any atom is -0.372 e. The fourth-order valence-electron chi connectivity index (χ4n) is 3.39. The van der Waals surface area contributed by atoms with Crippen LogP contribution < -0.4 is 10.2 Å². The van der Waals surface area contributed by atoms with E-state index < -0.39 is 0 Å². The maximum absolute atomic E-state index is 12.4. The topological polar surface area (TPSA) is 80.2 Å². The minimum absolute atomic E-state index is 0.115. The summed E-state index contributed by atoms with van der Waals surface area (Å²) in [7, 11) is 0. The third-order valence-electron chi connectivity index (χ3n) is 4.58. The number of aromatic nitrogens is 3. The Balaban J connectivity index is 1.35. The molecule has 8 heteroatoms. The number of carbonyl (C=O) groups is 1. The SMILES string of the molecule is CC1CN(c2ccc(NC(=O)Cc3csc(-c4cccnc4)n3)cn2)CC(C)O1. The Bertz CT molecular complexity index is 951. The normalized spacial score (nSPS) is 19.2. The highest BCUT2D eigenvalue weighted by atomic mass is 32.1. The first-order chi connectivity index (χ1) is 14.1. The number of carbonyl (C=O) groups excluding carboxylic acids is 1. The first-order valence-corrected chi connectivity index (χ1v) is 10.5. The first-order valence-electron chi connectivity index (χ1n) is 9.58. The molecule has 3 aromatic rings. The van der Waals surface area contributed by atoms with Crippen molar-refractivity contribution in [1.29, 1.82) is 0 Å². The van der Waals surface area contributed by atoms with Crippen molar-refractivity contribution in [2.45, 2.75) is 32.5 Å². The lowest BCUT2D eigenvalue weighted by Gasteiger charge is -2.36. The molecule has 4 heterocycles. The van der Waals surface area contributed by atoms with E-state index in [0.29, 0.717) is 5.69 Å². The molecule has 1 saturated heterocycles. The van der Waals surface area contributed by atoms with Crippen molar-refractivity contribution >= 4 is 28.7 Å². The highest BCUT2D eigenvalue weighted by Crippen LogP contribution is 2.23. The van der Waals surface area contributed by atoms with Gasteiger partial charge in [0, 0.05) is 36.4 Å². The molecular weight excluding hydrogens is 386 g/mol. The minimum atomic E-state index is -0.115. The Kier molecular flexibility index (Phi) is 5.82. The lowest BCUT2D eigenvalue weighted by atomic mass is 10.2. The summed E-state index contributed by atoms with van der Waals surface area (Å²) in [4.78, 5) is 27.7. The molecule has 1 N–H and O–H groups in total. The Morgan fingerprint density at radius 2 is 2.07 bits per heavy atom. The monoisotopic (exact) mass is 409 g/mol. The summed E-state index contributed by atoms with van der Waals surface area (Å²) in [6, 6.07) is 7.65. The molecule has 2 unspecified atom stereocenters. The molecule has 150 valence electrons. The van der Waals surface area contributed by atoms with Gasteiger partial charge in [-0.25, -0.2) is 9.97 Å². The zero-order valence-corrected chi connectivity index (χ0v) is 17.2. The van der Waals surface area contributed by atoms with Crippen molar-refractivity contribution in [2.75, 3.05) is 23.3 Å². The largest absolute Gasteiger partial charge is 0.372 e. The number of nitrogens with zero attached hydrogens (tertiary/aromatic N) is 4. The van der Waals surface area contributed by atoms with Crippen LogP contribution in [0.2, 0.25) is 0 Å². The van der Waals surface area contributed by atoms with E-state index in [2.05, 4.69) is 39.0 Å². The van der Waals surface area contributed by atoms with E-state index in [1.807, 2.05) is 29.6 Å². The van der Waals surface area contributed by atoms with Crippen molar-refractivity contribution < 1.29 is 9.53 Å². The highest BCUT2D eigenvalue weighted by molar-refractivity contribution is 7.13. The van der Waals surface area contributed by atoms with Gasteiger partial charge in [-0.15, -0.1) is 11.3 Å². The molecule has 0 bridgehead atoms. The van der Waals surface area contributed by atoms with Crippen LogP contribution in [0.4, 0.5) is 11.5 Å². The van der Waals surface area contributed by atoms with E-state index in [0.717, 1.165) is 35.2 Å². The second kappa shape index (κ2) is 8.67. The number of ether oxygens (including phenoxy) is 1. The number of rotatable bonds is 5. The molecule has 0 radical (unpaired) electrons. The van der Waals surface area contributed by atoms with Gasteiger partial charge in [-0.3, -0.25) is 9.78 Å². The van der Waals surface area contributed by atoms with Crippen LogP contribution in [0.1, 0.15) is 19.5 Å². The van der Waals surface area contributed by atoms with Crippen LogP contribution in [0.3, 0.4) is 0 Å². The number of hydrogen-bond donors (Lipinski definition) is 1. The Morgan fingerprint density at radius 1 is 1.24 bits per heavy atom. The van der Waals surface area contributed by atoms with Gasteiger partial charge in [0.05, 0.1) is 36.2 Å². The third-order valence-corrected chi connectivity index (χ3v) is 5.52. The maximum Gasteiger partial charge on any atom is 0.230 e. The molecule has 0 aliphatic carbocycles. The molecule has 29 heavy (non-hydrogen) atoms. The number of morpholine rings is 1. The van der Waals surface area contributed by atoms with Gasteiger partial charge in [0.15, 0.2) is 0 Å². The quantitative estimate of drug-likeness (QED) is 0.696. The fraction of sp³-hybridized carbons (Fsp3) is 0.333. The molecule has 4 rings (SSSR count). The second-order valence-corrected chi connectivity index (χ2v) is 8.04. The van der Waals surface area contributed by atoms with E-state index in [-0.39, 0.29) is 24.5 Å². The number of hydrogen-bond acceptors (Lipinski definition) is 7. The van der Waals surface area contributed by atoms with E-state index in [4.69, 9.17) is 4.74 Å². The van der Waals surface area contributed by atoms with Gasteiger partial charge in [0.1, 0.15) is 10.8 Å². The summed E-state index contributed by atoms with van der Waals surface area (Å²) in [5.41, 5.74) is 2.37. The average Bonchev–Trinajstić information content (AvgIpc) is 3.17. The molecule has 0 aromatic carbocycles. The zero-order chi connectivity index (χ0) is 20.2. The van der Waals surface area contributed by atoms with Crippen LogP contribution >= 0.6 is 11.3 Å². The molecule has 2 atom stereocenters. The molecule has 1 aliphatic rings. The van der Waals surface area contributed by atoms with Crippen molar-refractivity contribution in [3.05, 3.63) is 53.9 Å². The molecule has 0 saturated carbocycles. The van der Waals surface area contributed by atoms with Crippen molar-refractivity contribution in [1.82, 2.24) is 15.0 Å². The van der Waals surface area contributed by atoms with E-state index in [9.17, 15) is 4.79 Å². The molecule has 0 spiro atoms. The maximum atomic E-state index is 12.4. The van der Waals surface area contributed by atoms with Crippen LogP contribution in [0.5, 0.6) is 0 Å². The lowest BCUT2D eigenvalue weighted by Crippen LogP contribution is -2.45. The van der Waals surface area contributed by atoms with Gasteiger partial charge in [-0.05, 0) is 38.1 Å². The molecule has 1 amide bonds. The Labute approximate surface area is 173 Å². The van der Waals surface area contributed by atoms with Gasteiger partial charge in [-0.1, -0.05) is 0 Å². The first kappa shape index (κ1) is 19.5. The third kappa shape index (κ3) is 4.96. The van der Waals surface area contributed by atoms with Gasteiger partial charge >= 0.3 is 0 Å². The Hall–Kier alpha value is -2.84. The van der Waals surface area contributed by atoms with Crippen LogP contribution in [-0.4, -0.2) is 46.2 Å². The summed E-state index contributed by atoms with van der Waals surface area (Å²) in [6.45, 7) is 5.75. The van der Waals surface area contributed by atoms with E-state index in [1.54, 1.807) is 18.6 Å². The summed E-state index contributed by atoms with van der Waals surface area (Å²) in [6.07, 6.45) is 5.76. The standard InChI is InChI=1S/C21H23N5O2S/c1-14-11-26(12-15(2)28-14)19-6-5-17(10-23-19)24-20(27)8-18-13-29-21(25-18)16-4-3-7-22-9-16/h3-7,9-10,13-15H,8,11-12H2,1-2H3,(H,24,27). The van der Waals surface area contributed by atoms with Crippen LogP contribution in [-0.2, 0) is 16.0 Å². The van der Waals surface area contributed by atoms with Gasteiger partial charge in [0.2, 0.25) is 5.91 Å². The number of thiazole rings is 1. The summed E-state index contributed by atoms with van der Waals surface area (Å²) < 4.78 is 5.77. The summed E-state index contributed by atoms with van der Waals surface area (Å²) in [5, 5.41) is 5.66.